The van der Waals surface area contributed by atoms with E-state index in [0.717, 1.165) is 37.2 Å². The molecule has 0 bridgehead atoms. The smallest absolute Gasteiger partial charge is 0.257 e. The van der Waals surface area contributed by atoms with Gasteiger partial charge in [-0.3, -0.25) is 9.89 Å². The topological polar surface area (TPSA) is 49.0 Å². The molecule has 1 N–H and O–H groups in total. The molecular formula is C16H21N3O. The molecule has 1 aromatic carbocycles. The van der Waals surface area contributed by atoms with Crippen LogP contribution in [-0.4, -0.2) is 34.1 Å². The van der Waals surface area contributed by atoms with Crippen molar-refractivity contribution in [3.63, 3.8) is 0 Å². The van der Waals surface area contributed by atoms with Gasteiger partial charge in [-0.25, -0.2) is 0 Å². The van der Waals surface area contributed by atoms with E-state index in [1.807, 2.05) is 42.2 Å². The fourth-order valence-corrected chi connectivity index (χ4v) is 2.20. The van der Waals surface area contributed by atoms with Crippen LogP contribution in [0.4, 0.5) is 0 Å². The third-order valence-corrected chi connectivity index (χ3v) is 3.38. The van der Waals surface area contributed by atoms with E-state index < -0.39 is 0 Å². The number of aromatic amines is 1. The molecule has 0 aliphatic heterocycles. The van der Waals surface area contributed by atoms with Crippen LogP contribution >= 0.6 is 0 Å². The van der Waals surface area contributed by atoms with Crippen LogP contribution in [0.15, 0.2) is 36.5 Å². The minimum absolute atomic E-state index is 0.0496. The van der Waals surface area contributed by atoms with Crippen molar-refractivity contribution in [2.75, 3.05) is 13.1 Å². The first-order chi connectivity index (χ1) is 9.77. The maximum atomic E-state index is 12.6. The normalized spacial score (nSPS) is 10.5. The Bertz CT molecular complexity index is 548. The van der Waals surface area contributed by atoms with E-state index in [0.29, 0.717) is 5.56 Å². The lowest BCUT2D eigenvalue weighted by Crippen LogP contribution is -2.31. The average molecular weight is 271 g/mol. The first-order valence-corrected chi connectivity index (χ1v) is 7.16. The molecule has 106 valence electrons. The predicted molar refractivity (Wildman–Crippen MR) is 80.5 cm³/mol. The summed E-state index contributed by atoms with van der Waals surface area (Å²) in [6, 6.07) is 9.83. The number of aromatic nitrogens is 2. The number of benzene rings is 1. The SMILES string of the molecule is CCCCN(CC)C(=O)c1cn[nH]c1-c1ccccc1. The van der Waals surface area contributed by atoms with E-state index in [-0.39, 0.29) is 5.91 Å². The molecule has 2 aromatic rings. The minimum atomic E-state index is 0.0496. The predicted octanol–water partition coefficient (Wildman–Crippen LogP) is 3.34. The number of hydrogen-bond acceptors (Lipinski definition) is 2. The zero-order valence-corrected chi connectivity index (χ0v) is 12.1. The molecule has 0 spiro atoms. The lowest BCUT2D eigenvalue weighted by Gasteiger charge is -2.20. The van der Waals surface area contributed by atoms with Gasteiger partial charge in [0, 0.05) is 18.7 Å². The maximum absolute atomic E-state index is 12.6. The van der Waals surface area contributed by atoms with Gasteiger partial charge >= 0.3 is 0 Å². The summed E-state index contributed by atoms with van der Waals surface area (Å²) in [6.07, 6.45) is 3.73. The lowest BCUT2D eigenvalue weighted by molar-refractivity contribution is 0.0763. The fraction of sp³-hybridized carbons (Fsp3) is 0.375. The molecule has 0 saturated heterocycles. The van der Waals surface area contributed by atoms with Crippen LogP contribution in [0.25, 0.3) is 11.3 Å². The number of hydrogen-bond donors (Lipinski definition) is 1. The Morgan fingerprint density at radius 1 is 1.25 bits per heavy atom. The number of H-pyrrole nitrogens is 1. The monoisotopic (exact) mass is 271 g/mol. The Morgan fingerprint density at radius 2 is 2.00 bits per heavy atom. The quantitative estimate of drug-likeness (QED) is 0.876. The van der Waals surface area contributed by atoms with Crippen molar-refractivity contribution in [2.45, 2.75) is 26.7 Å². The van der Waals surface area contributed by atoms with E-state index >= 15 is 0 Å². The molecule has 0 aliphatic rings. The van der Waals surface area contributed by atoms with Gasteiger partial charge in [-0.15, -0.1) is 0 Å². The molecule has 4 nitrogen and oxygen atoms in total. The van der Waals surface area contributed by atoms with Gasteiger partial charge < -0.3 is 4.90 Å². The molecule has 1 aromatic heterocycles. The van der Waals surface area contributed by atoms with Gasteiger partial charge in [-0.2, -0.15) is 5.10 Å². The van der Waals surface area contributed by atoms with E-state index in [1.54, 1.807) is 6.20 Å². The van der Waals surface area contributed by atoms with Crippen LogP contribution in [0.2, 0.25) is 0 Å². The molecule has 0 saturated carbocycles. The number of carbonyl (C=O) groups is 1. The molecule has 4 heteroatoms. The van der Waals surface area contributed by atoms with Crippen molar-refractivity contribution in [1.82, 2.24) is 15.1 Å². The second kappa shape index (κ2) is 6.89. The number of carbonyl (C=O) groups excluding carboxylic acids is 1. The van der Waals surface area contributed by atoms with Crippen LogP contribution in [0, 0.1) is 0 Å². The van der Waals surface area contributed by atoms with Gasteiger partial charge in [-0.1, -0.05) is 43.7 Å². The first-order valence-electron chi connectivity index (χ1n) is 7.16. The van der Waals surface area contributed by atoms with Gasteiger partial charge in [0.05, 0.1) is 17.5 Å². The molecule has 20 heavy (non-hydrogen) atoms. The van der Waals surface area contributed by atoms with Crippen LogP contribution in [0.5, 0.6) is 0 Å². The molecule has 2 rings (SSSR count). The first kappa shape index (κ1) is 14.3. The summed E-state index contributed by atoms with van der Waals surface area (Å²) in [4.78, 5) is 14.5. The van der Waals surface area contributed by atoms with Crippen molar-refractivity contribution in [3.05, 3.63) is 42.1 Å². The Labute approximate surface area is 119 Å². The molecule has 0 aliphatic carbocycles. The second-order valence-electron chi connectivity index (χ2n) is 4.76. The van der Waals surface area contributed by atoms with Crippen LogP contribution in [0.3, 0.4) is 0 Å². The van der Waals surface area contributed by atoms with Crippen molar-refractivity contribution in [1.29, 1.82) is 0 Å². The third-order valence-electron chi connectivity index (χ3n) is 3.38. The molecule has 0 fully saturated rings. The molecule has 0 unspecified atom stereocenters. The highest BCUT2D eigenvalue weighted by atomic mass is 16.2. The Balaban J connectivity index is 2.25. The van der Waals surface area contributed by atoms with Crippen LogP contribution in [-0.2, 0) is 0 Å². The largest absolute Gasteiger partial charge is 0.339 e. The third kappa shape index (κ3) is 3.07. The number of amides is 1. The summed E-state index contributed by atoms with van der Waals surface area (Å²) < 4.78 is 0. The highest BCUT2D eigenvalue weighted by Crippen LogP contribution is 2.22. The van der Waals surface area contributed by atoms with Crippen LogP contribution < -0.4 is 0 Å². The Morgan fingerprint density at radius 3 is 2.65 bits per heavy atom. The number of nitrogens with zero attached hydrogens (tertiary/aromatic N) is 2. The Hall–Kier alpha value is -2.10. The Kier molecular flexibility index (Phi) is 4.93. The molecule has 1 amide bonds. The van der Waals surface area contributed by atoms with Gasteiger partial charge in [0.15, 0.2) is 0 Å². The summed E-state index contributed by atoms with van der Waals surface area (Å²) in [5, 5.41) is 6.98. The average Bonchev–Trinajstić information content (AvgIpc) is 2.98. The summed E-state index contributed by atoms with van der Waals surface area (Å²) in [5.41, 5.74) is 2.43. The summed E-state index contributed by atoms with van der Waals surface area (Å²) in [5.74, 6) is 0.0496. The zero-order chi connectivity index (χ0) is 14.4. The van der Waals surface area contributed by atoms with Crippen molar-refractivity contribution < 1.29 is 4.79 Å². The molecule has 0 radical (unpaired) electrons. The second-order valence-corrected chi connectivity index (χ2v) is 4.76. The van der Waals surface area contributed by atoms with Gasteiger partial charge in [-0.05, 0) is 13.3 Å². The number of nitrogens with one attached hydrogen (secondary N) is 1. The van der Waals surface area contributed by atoms with Crippen molar-refractivity contribution >= 4 is 5.91 Å². The van der Waals surface area contributed by atoms with Crippen molar-refractivity contribution in [3.8, 4) is 11.3 Å². The fourth-order valence-electron chi connectivity index (χ4n) is 2.20. The molecular weight excluding hydrogens is 250 g/mol. The van der Waals surface area contributed by atoms with Gasteiger partial charge in [0.25, 0.3) is 5.91 Å². The lowest BCUT2D eigenvalue weighted by atomic mass is 10.1. The minimum Gasteiger partial charge on any atom is -0.339 e. The highest BCUT2D eigenvalue weighted by Gasteiger charge is 2.19. The highest BCUT2D eigenvalue weighted by molar-refractivity contribution is 5.99. The summed E-state index contributed by atoms with van der Waals surface area (Å²) in [7, 11) is 0. The van der Waals surface area contributed by atoms with E-state index in [9.17, 15) is 4.79 Å². The van der Waals surface area contributed by atoms with Crippen LogP contribution in [0.1, 0.15) is 37.0 Å². The van der Waals surface area contributed by atoms with Gasteiger partial charge in [0.1, 0.15) is 0 Å². The summed E-state index contributed by atoms with van der Waals surface area (Å²) >= 11 is 0. The number of unbranched alkanes of at least 4 members (excludes halogenated alkanes) is 1. The van der Waals surface area contributed by atoms with Gasteiger partial charge in [0.2, 0.25) is 0 Å². The summed E-state index contributed by atoms with van der Waals surface area (Å²) in [6.45, 7) is 5.66. The van der Waals surface area contributed by atoms with Crippen molar-refractivity contribution in [2.24, 2.45) is 0 Å². The standard InChI is InChI=1S/C16H21N3O/c1-3-5-11-19(4-2)16(20)14-12-17-18-15(14)13-9-7-6-8-10-13/h6-10,12H,3-5,11H2,1-2H3,(H,17,18). The molecule has 0 atom stereocenters. The zero-order valence-electron chi connectivity index (χ0n) is 12.1. The maximum Gasteiger partial charge on any atom is 0.257 e. The molecule has 1 heterocycles. The van der Waals surface area contributed by atoms with E-state index in [1.165, 1.54) is 0 Å². The van der Waals surface area contributed by atoms with E-state index in [4.69, 9.17) is 0 Å². The number of rotatable bonds is 6. The van der Waals surface area contributed by atoms with E-state index in [2.05, 4.69) is 17.1 Å².